The predicted molar refractivity (Wildman–Crippen MR) is 96.8 cm³/mol. The minimum absolute atomic E-state index is 0.0414. The second kappa shape index (κ2) is 7.32. The van der Waals surface area contributed by atoms with Gasteiger partial charge in [-0.3, -0.25) is 9.78 Å². The van der Waals surface area contributed by atoms with Crippen LogP contribution in [-0.2, 0) is 4.74 Å². The Morgan fingerprint density at radius 1 is 1.12 bits per heavy atom. The van der Waals surface area contributed by atoms with Gasteiger partial charge in [0.05, 0.1) is 23.8 Å². The molecule has 0 spiro atoms. The average Bonchev–Trinajstić information content (AvgIpc) is 3.14. The van der Waals surface area contributed by atoms with E-state index in [9.17, 15) is 9.59 Å². The molecule has 7 heteroatoms. The number of hydrogen-bond acceptors (Lipinski definition) is 5. The largest absolute Gasteiger partial charge is 0.444 e. The van der Waals surface area contributed by atoms with Crippen LogP contribution >= 0.6 is 11.3 Å². The van der Waals surface area contributed by atoms with Crippen molar-refractivity contribution in [1.29, 1.82) is 0 Å². The summed E-state index contributed by atoms with van der Waals surface area (Å²) in [7, 11) is 0. The zero-order chi connectivity index (χ0) is 18.0. The monoisotopic (exact) mass is 365 g/mol. The van der Waals surface area contributed by atoms with E-state index in [0.717, 1.165) is 32.1 Å². The Hall–Kier alpha value is -1.63. The zero-order valence-corrected chi connectivity index (χ0v) is 16.1. The van der Waals surface area contributed by atoms with Crippen LogP contribution in [0.2, 0.25) is 0 Å². The van der Waals surface area contributed by atoms with Crippen molar-refractivity contribution in [3.05, 3.63) is 16.6 Å². The second-order valence-corrected chi connectivity index (χ2v) is 8.70. The molecular weight excluding hydrogens is 338 g/mol. The van der Waals surface area contributed by atoms with Crippen LogP contribution in [0.3, 0.4) is 0 Å². The summed E-state index contributed by atoms with van der Waals surface area (Å²) in [6.45, 7) is 7.06. The van der Waals surface area contributed by atoms with Crippen LogP contribution < -0.4 is 0 Å². The maximum atomic E-state index is 12.8. The van der Waals surface area contributed by atoms with E-state index in [4.69, 9.17) is 4.74 Å². The van der Waals surface area contributed by atoms with E-state index in [2.05, 4.69) is 4.98 Å². The normalized spacial score (nSPS) is 24.4. The number of likely N-dealkylation sites (tertiary alicyclic amines) is 2. The zero-order valence-electron chi connectivity index (χ0n) is 15.2. The number of thiazole rings is 1. The van der Waals surface area contributed by atoms with E-state index < -0.39 is 5.60 Å². The first-order valence-corrected chi connectivity index (χ1v) is 9.94. The number of ether oxygens (including phenoxy) is 1. The van der Waals surface area contributed by atoms with Crippen molar-refractivity contribution < 1.29 is 14.3 Å². The highest BCUT2D eigenvalue weighted by molar-refractivity contribution is 7.11. The summed E-state index contributed by atoms with van der Waals surface area (Å²) in [6.07, 6.45) is 6.29. The van der Waals surface area contributed by atoms with Gasteiger partial charge in [0.1, 0.15) is 10.5 Å². The van der Waals surface area contributed by atoms with Gasteiger partial charge < -0.3 is 14.5 Å². The molecule has 0 unspecified atom stereocenters. The van der Waals surface area contributed by atoms with Gasteiger partial charge in [0.15, 0.2) is 0 Å². The third kappa shape index (κ3) is 4.14. The van der Waals surface area contributed by atoms with Gasteiger partial charge in [0, 0.05) is 13.1 Å². The maximum Gasteiger partial charge on any atom is 0.410 e. The summed E-state index contributed by atoms with van der Waals surface area (Å²) in [6, 6.07) is 0.120. The van der Waals surface area contributed by atoms with Gasteiger partial charge in [-0.15, -0.1) is 11.3 Å². The number of rotatable bonds is 1. The van der Waals surface area contributed by atoms with Crippen molar-refractivity contribution in [1.82, 2.24) is 14.8 Å². The lowest BCUT2D eigenvalue weighted by Gasteiger charge is -2.37. The molecule has 0 aliphatic carbocycles. The van der Waals surface area contributed by atoms with Gasteiger partial charge in [-0.2, -0.15) is 0 Å². The summed E-state index contributed by atoms with van der Waals surface area (Å²) < 4.78 is 5.63. The third-order valence-corrected chi connectivity index (χ3v) is 5.60. The molecule has 1 aromatic rings. The Morgan fingerprint density at radius 2 is 1.88 bits per heavy atom. The molecular formula is C18H27N3O3S. The standard InChI is InChI=1S/C18H27N3O3S/c1-18(2,3)24-17(23)21-9-6-4-5-7-13-14(21)8-10-20(13)16(22)15-11-19-12-25-15/h11-14H,4-10H2,1-3H3/t13-,14-/m1/s1. The number of aromatic nitrogens is 1. The van der Waals surface area contributed by atoms with E-state index >= 15 is 0 Å². The molecule has 0 aromatic carbocycles. The lowest BCUT2D eigenvalue weighted by molar-refractivity contribution is 0.00901. The smallest absolute Gasteiger partial charge is 0.410 e. The molecule has 1 aromatic heterocycles. The maximum absolute atomic E-state index is 12.8. The molecule has 2 atom stereocenters. The average molecular weight is 365 g/mol. The molecule has 0 radical (unpaired) electrons. The number of amides is 2. The molecule has 6 nitrogen and oxygen atoms in total. The van der Waals surface area contributed by atoms with Gasteiger partial charge in [0.25, 0.3) is 5.91 Å². The van der Waals surface area contributed by atoms with Gasteiger partial charge in [-0.1, -0.05) is 12.8 Å². The summed E-state index contributed by atoms with van der Waals surface area (Å²) >= 11 is 1.37. The van der Waals surface area contributed by atoms with E-state index in [1.165, 1.54) is 11.3 Å². The minimum Gasteiger partial charge on any atom is -0.444 e. The van der Waals surface area contributed by atoms with Crippen LogP contribution in [-0.4, -0.2) is 57.6 Å². The molecule has 2 amide bonds. The number of nitrogens with zero attached hydrogens (tertiary/aromatic N) is 3. The van der Waals surface area contributed by atoms with Crippen molar-refractivity contribution in [3.63, 3.8) is 0 Å². The lowest BCUT2D eigenvalue weighted by atomic mass is 9.97. The van der Waals surface area contributed by atoms with Crippen LogP contribution in [0.25, 0.3) is 0 Å². The molecule has 2 aliphatic heterocycles. The van der Waals surface area contributed by atoms with E-state index in [0.29, 0.717) is 18.0 Å². The molecule has 2 saturated heterocycles. The molecule has 0 bridgehead atoms. The Kier molecular flexibility index (Phi) is 5.32. The summed E-state index contributed by atoms with van der Waals surface area (Å²) in [5.41, 5.74) is 1.18. The lowest BCUT2D eigenvalue weighted by Crippen LogP contribution is -2.51. The van der Waals surface area contributed by atoms with Crippen LogP contribution in [0.5, 0.6) is 0 Å². The fraction of sp³-hybridized carbons (Fsp3) is 0.722. The first-order valence-electron chi connectivity index (χ1n) is 9.06. The minimum atomic E-state index is -0.508. The van der Waals surface area contributed by atoms with E-state index in [1.807, 2.05) is 30.6 Å². The predicted octanol–water partition coefficient (Wildman–Crippen LogP) is 3.54. The number of hydrogen-bond donors (Lipinski definition) is 0. The van der Waals surface area contributed by atoms with Crippen molar-refractivity contribution in [2.45, 2.75) is 70.6 Å². The fourth-order valence-electron chi connectivity index (χ4n) is 3.79. The summed E-state index contributed by atoms with van der Waals surface area (Å²) in [4.78, 5) is 34.1. The van der Waals surface area contributed by atoms with Gasteiger partial charge in [-0.25, -0.2) is 4.79 Å². The van der Waals surface area contributed by atoms with Crippen molar-refractivity contribution in [2.75, 3.05) is 13.1 Å². The molecule has 3 rings (SSSR count). The van der Waals surface area contributed by atoms with Gasteiger partial charge in [0.2, 0.25) is 0 Å². The summed E-state index contributed by atoms with van der Waals surface area (Å²) in [5.74, 6) is 0.0414. The van der Waals surface area contributed by atoms with Crippen LogP contribution in [0.4, 0.5) is 4.79 Å². The van der Waals surface area contributed by atoms with Crippen molar-refractivity contribution in [2.24, 2.45) is 0 Å². The summed E-state index contributed by atoms with van der Waals surface area (Å²) in [5, 5.41) is 0. The molecule has 2 fully saturated rings. The Bertz CT molecular complexity index is 612. The van der Waals surface area contributed by atoms with Crippen molar-refractivity contribution >= 4 is 23.3 Å². The SMILES string of the molecule is CC(C)(C)OC(=O)N1CCCCC[C@@H]2[C@H]1CCN2C(=O)c1cncs1. The first kappa shape index (κ1) is 18.2. The Labute approximate surface area is 153 Å². The third-order valence-electron chi connectivity index (χ3n) is 4.84. The number of carbonyl (C=O) groups is 2. The second-order valence-electron chi connectivity index (χ2n) is 7.81. The molecule has 25 heavy (non-hydrogen) atoms. The fourth-order valence-corrected chi connectivity index (χ4v) is 4.36. The van der Waals surface area contributed by atoms with Crippen LogP contribution in [0.15, 0.2) is 11.7 Å². The molecule has 0 N–H and O–H groups in total. The van der Waals surface area contributed by atoms with Gasteiger partial charge in [-0.05, 0) is 40.0 Å². The molecule has 3 heterocycles. The van der Waals surface area contributed by atoms with Crippen LogP contribution in [0, 0.1) is 0 Å². The van der Waals surface area contributed by atoms with Gasteiger partial charge >= 0.3 is 6.09 Å². The quantitative estimate of drug-likeness (QED) is 0.764. The number of carbonyl (C=O) groups excluding carboxylic acids is 2. The van der Waals surface area contributed by atoms with E-state index in [1.54, 1.807) is 11.7 Å². The molecule has 0 saturated carbocycles. The highest BCUT2D eigenvalue weighted by atomic mass is 32.1. The Balaban J connectivity index is 1.79. The molecule has 138 valence electrons. The topological polar surface area (TPSA) is 62.7 Å². The highest BCUT2D eigenvalue weighted by Crippen LogP contribution is 2.32. The van der Waals surface area contributed by atoms with Crippen molar-refractivity contribution in [3.8, 4) is 0 Å². The first-order chi connectivity index (χ1) is 11.9. The Morgan fingerprint density at radius 3 is 2.56 bits per heavy atom. The molecule has 2 aliphatic rings. The van der Waals surface area contributed by atoms with Crippen LogP contribution in [0.1, 0.15) is 62.5 Å². The number of fused-ring (bicyclic) bond motifs is 1. The van der Waals surface area contributed by atoms with E-state index in [-0.39, 0.29) is 24.1 Å². The highest BCUT2D eigenvalue weighted by Gasteiger charge is 2.43.